The van der Waals surface area contributed by atoms with E-state index in [-0.39, 0.29) is 0 Å². The van der Waals surface area contributed by atoms with Crippen LogP contribution in [0.5, 0.6) is 0 Å². The first-order chi connectivity index (χ1) is 8.45. The zero-order valence-corrected chi connectivity index (χ0v) is 12.1. The first-order valence-electron chi connectivity index (χ1n) is 5.57. The molecule has 0 saturated carbocycles. The molecule has 0 heterocycles. The van der Waals surface area contributed by atoms with Crippen molar-refractivity contribution in [2.45, 2.75) is 24.8 Å². The number of hydrogen-bond donors (Lipinski definition) is 2. The Morgan fingerprint density at radius 3 is 2.22 bits per heavy atom. The van der Waals surface area contributed by atoms with Crippen LogP contribution >= 0.6 is 12.0 Å². The highest BCUT2D eigenvalue weighted by Gasteiger charge is 1.93. The minimum Gasteiger partial charge on any atom is -0.327 e. The zero-order valence-electron chi connectivity index (χ0n) is 11.3. The van der Waals surface area contributed by atoms with Crippen molar-refractivity contribution in [2.75, 3.05) is 20.6 Å². The summed E-state index contributed by atoms with van der Waals surface area (Å²) in [7, 11) is 4.03. The molecule has 5 nitrogen and oxygen atoms in total. The molecule has 1 rings (SSSR count). The summed E-state index contributed by atoms with van der Waals surface area (Å²) in [6.07, 6.45) is 0. The fourth-order valence-corrected chi connectivity index (χ4v) is 1.58. The van der Waals surface area contributed by atoms with Gasteiger partial charge >= 0.3 is 0 Å². The topological polar surface area (TPSA) is 68.0 Å². The number of rotatable bonds is 5. The number of benzene rings is 1. The van der Waals surface area contributed by atoms with Crippen LogP contribution in [0, 0.1) is 6.92 Å². The number of nitrogens with zero attached hydrogens (tertiary/aromatic N) is 1. The summed E-state index contributed by atoms with van der Waals surface area (Å²) >= 11 is 0.957. The quantitative estimate of drug-likeness (QED) is 0.488. The Bertz CT molecular complexity index is 299. The maximum Gasteiger partial charge on any atom is 0.0714 e. The molecule has 3 N–H and O–H groups in total. The second-order valence-electron chi connectivity index (χ2n) is 4.28. The third-order valence-electron chi connectivity index (χ3n) is 1.83. The molecule has 0 radical (unpaired) electrons. The summed E-state index contributed by atoms with van der Waals surface area (Å²) in [6, 6.07) is 7.94. The second-order valence-corrected chi connectivity index (χ2v) is 5.05. The summed E-state index contributed by atoms with van der Waals surface area (Å²) in [5, 5.41) is 11.3. The van der Waals surface area contributed by atoms with E-state index in [1.54, 1.807) is 0 Å². The van der Waals surface area contributed by atoms with Crippen LogP contribution in [0.3, 0.4) is 0 Å². The van der Waals surface area contributed by atoms with Crippen LogP contribution in [0.2, 0.25) is 0 Å². The molecule has 6 heteroatoms. The molecule has 0 bridgehead atoms. The highest BCUT2D eigenvalue weighted by molar-refractivity contribution is 7.94. The van der Waals surface area contributed by atoms with Gasteiger partial charge in [0.2, 0.25) is 0 Å². The van der Waals surface area contributed by atoms with Crippen molar-refractivity contribution in [1.82, 2.24) is 4.90 Å². The van der Waals surface area contributed by atoms with Crippen LogP contribution in [0.25, 0.3) is 0 Å². The summed E-state index contributed by atoms with van der Waals surface area (Å²) < 4.78 is 4.23. The van der Waals surface area contributed by atoms with Gasteiger partial charge in [-0.05, 0) is 40.1 Å². The predicted octanol–water partition coefficient (Wildman–Crippen LogP) is 2.32. The highest BCUT2D eigenvalue weighted by Crippen LogP contribution is 2.18. The van der Waals surface area contributed by atoms with E-state index in [1.807, 2.05) is 52.2 Å². The lowest BCUT2D eigenvalue weighted by Crippen LogP contribution is -2.29. The van der Waals surface area contributed by atoms with Gasteiger partial charge in [-0.1, -0.05) is 22.7 Å². The van der Waals surface area contributed by atoms with Gasteiger partial charge in [0.05, 0.1) is 12.0 Å². The average molecular weight is 274 g/mol. The molecule has 1 atom stereocenters. The Labute approximate surface area is 113 Å². The Hall–Kier alpha value is -0.630. The van der Waals surface area contributed by atoms with Crippen molar-refractivity contribution in [2.24, 2.45) is 5.73 Å². The van der Waals surface area contributed by atoms with Crippen LogP contribution in [-0.4, -0.2) is 36.8 Å². The summed E-state index contributed by atoms with van der Waals surface area (Å²) in [4.78, 5) is 2.95. The van der Waals surface area contributed by atoms with Crippen molar-refractivity contribution in [3.63, 3.8) is 0 Å². The largest absolute Gasteiger partial charge is 0.327 e. The Balaban J connectivity index is 0.000000360. The fourth-order valence-electron chi connectivity index (χ4n) is 1.22. The monoisotopic (exact) mass is 274 g/mol. The lowest BCUT2D eigenvalue weighted by molar-refractivity contribution is -0.432. The molecular weight excluding hydrogens is 252 g/mol. The van der Waals surface area contributed by atoms with Gasteiger partial charge in [0, 0.05) is 17.5 Å². The normalized spacial score (nSPS) is 11.9. The van der Waals surface area contributed by atoms with E-state index in [2.05, 4.69) is 14.3 Å². The van der Waals surface area contributed by atoms with Gasteiger partial charge in [0.25, 0.3) is 0 Å². The second kappa shape index (κ2) is 10.3. The SMILES string of the molecule is C[C@@H](N)CN(C)C.Cc1ccc(SOOO)cc1. The first-order valence-corrected chi connectivity index (χ1v) is 6.31. The average Bonchev–Trinajstić information content (AvgIpc) is 2.27. The van der Waals surface area contributed by atoms with Crippen molar-refractivity contribution in [1.29, 1.82) is 0 Å². The molecule has 0 spiro atoms. The summed E-state index contributed by atoms with van der Waals surface area (Å²) in [5.74, 6) is 0. The van der Waals surface area contributed by atoms with E-state index in [4.69, 9.17) is 11.0 Å². The molecule has 0 aliphatic heterocycles. The molecule has 0 unspecified atom stereocenters. The molecule has 1 aromatic carbocycles. The van der Waals surface area contributed by atoms with E-state index in [9.17, 15) is 0 Å². The Morgan fingerprint density at radius 2 is 1.89 bits per heavy atom. The van der Waals surface area contributed by atoms with Crippen molar-refractivity contribution in [3.8, 4) is 0 Å². The van der Waals surface area contributed by atoms with Crippen molar-refractivity contribution >= 4 is 12.0 Å². The van der Waals surface area contributed by atoms with Crippen LogP contribution in [0.4, 0.5) is 0 Å². The summed E-state index contributed by atoms with van der Waals surface area (Å²) in [5.41, 5.74) is 6.63. The van der Waals surface area contributed by atoms with Gasteiger partial charge in [-0.3, -0.25) is 0 Å². The first kappa shape index (κ1) is 17.4. The molecule has 18 heavy (non-hydrogen) atoms. The highest BCUT2D eigenvalue weighted by atomic mass is 32.2. The van der Waals surface area contributed by atoms with Crippen LogP contribution in [0.1, 0.15) is 12.5 Å². The van der Waals surface area contributed by atoms with Gasteiger partial charge in [0.15, 0.2) is 0 Å². The molecule has 1 aromatic rings. The summed E-state index contributed by atoms with van der Waals surface area (Å²) in [6.45, 7) is 4.97. The fraction of sp³-hybridized carbons (Fsp3) is 0.500. The Morgan fingerprint density at radius 1 is 1.33 bits per heavy atom. The smallest absolute Gasteiger partial charge is 0.0714 e. The molecule has 0 aliphatic carbocycles. The molecule has 0 saturated heterocycles. The molecule has 0 fully saturated rings. The van der Waals surface area contributed by atoms with E-state index in [1.165, 1.54) is 5.56 Å². The molecule has 0 aliphatic rings. The maximum atomic E-state index is 7.84. The third-order valence-corrected chi connectivity index (χ3v) is 2.43. The lowest BCUT2D eigenvalue weighted by Gasteiger charge is -2.11. The van der Waals surface area contributed by atoms with E-state index >= 15 is 0 Å². The molecule has 0 aromatic heterocycles. The third kappa shape index (κ3) is 10.5. The standard InChI is InChI=1S/C7H8O3S.C5H14N2/c1-6-2-4-7(5-3-6)11-10-9-8;1-5(6)4-7(2)3/h2-5,8H,1H3;5H,4,6H2,1-3H3/t;5-/m.1/s1. The molecule has 0 amide bonds. The van der Waals surface area contributed by atoms with Crippen molar-refractivity contribution < 1.29 is 14.6 Å². The van der Waals surface area contributed by atoms with E-state index < -0.39 is 0 Å². The van der Waals surface area contributed by atoms with E-state index in [0.717, 1.165) is 23.5 Å². The minimum absolute atomic E-state index is 0.301. The van der Waals surface area contributed by atoms with Crippen LogP contribution in [-0.2, 0) is 9.37 Å². The molecular formula is C12H22N2O3S. The van der Waals surface area contributed by atoms with E-state index in [0.29, 0.717) is 6.04 Å². The Kier molecular flexibility index (Phi) is 9.95. The number of likely N-dealkylation sites (N-methyl/N-ethyl adjacent to an activating group) is 1. The van der Waals surface area contributed by atoms with Crippen molar-refractivity contribution in [3.05, 3.63) is 29.8 Å². The molecule has 104 valence electrons. The number of nitrogens with two attached hydrogens (primary N) is 1. The number of hydrogen-bond acceptors (Lipinski definition) is 6. The van der Waals surface area contributed by atoms with Crippen LogP contribution in [0.15, 0.2) is 29.2 Å². The maximum absolute atomic E-state index is 7.84. The predicted molar refractivity (Wildman–Crippen MR) is 74.0 cm³/mol. The number of aryl methyl sites for hydroxylation is 1. The minimum atomic E-state index is 0.301. The van der Waals surface area contributed by atoms with Gasteiger partial charge in [-0.15, -0.1) is 4.33 Å². The van der Waals surface area contributed by atoms with Crippen LogP contribution < -0.4 is 5.73 Å². The van der Waals surface area contributed by atoms with Gasteiger partial charge in [-0.25, -0.2) is 5.26 Å². The van der Waals surface area contributed by atoms with Gasteiger partial charge < -0.3 is 10.6 Å². The zero-order chi connectivity index (χ0) is 14.0. The van der Waals surface area contributed by atoms with Gasteiger partial charge in [-0.2, -0.15) is 0 Å². The van der Waals surface area contributed by atoms with Gasteiger partial charge in [0.1, 0.15) is 0 Å². The lowest BCUT2D eigenvalue weighted by atomic mass is 10.2.